The zero-order valence-corrected chi connectivity index (χ0v) is 6.88. The van der Waals surface area contributed by atoms with E-state index < -0.39 is 29.0 Å². The van der Waals surface area contributed by atoms with Gasteiger partial charge in [0.25, 0.3) is 0 Å². The van der Waals surface area contributed by atoms with Gasteiger partial charge in [-0.3, -0.25) is 0 Å². The van der Waals surface area contributed by atoms with Crippen molar-refractivity contribution in [1.29, 1.82) is 0 Å². The second-order valence-electron chi connectivity index (χ2n) is 1.82. The van der Waals surface area contributed by atoms with Crippen LogP contribution in [0.25, 0.3) is 0 Å². The smallest absolute Gasteiger partial charge is 0.203 e. The Morgan fingerprint density at radius 2 is 1.25 bits per heavy atom. The third-order valence-corrected chi connectivity index (χ3v) is 1.09. The molecule has 0 heterocycles. The molecule has 0 spiro atoms. The number of phenols is 1. The summed E-state index contributed by atoms with van der Waals surface area (Å²) in [5, 5.41) is 8.34. The Bertz CT molecular complexity index is 276. The molecule has 0 aliphatic rings. The van der Waals surface area contributed by atoms with E-state index in [0.717, 1.165) is 0 Å². The molecule has 0 saturated carbocycles. The SMILES string of the molecule is Oc1c(F)c(F)cc(F)c1F.[V]. The van der Waals surface area contributed by atoms with Crippen molar-refractivity contribution in [2.24, 2.45) is 0 Å². The van der Waals surface area contributed by atoms with Crippen LogP contribution in [0.15, 0.2) is 6.07 Å². The van der Waals surface area contributed by atoms with Gasteiger partial charge in [-0.15, -0.1) is 0 Å². The maximum atomic E-state index is 12.1. The van der Waals surface area contributed by atoms with E-state index in [4.69, 9.17) is 5.11 Å². The van der Waals surface area contributed by atoms with E-state index in [1.165, 1.54) is 0 Å². The van der Waals surface area contributed by atoms with Crippen molar-refractivity contribution in [2.45, 2.75) is 0 Å². The molecule has 1 nitrogen and oxygen atoms in total. The summed E-state index contributed by atoms with van der Waals surface area (Å²) in [6, 6.07) is 0.0182. The fourth-order valence-corrected chi connectivity index (χ4v) is 0.561. The van der Waals surface area contributed by atoms with E-state index in [1.807, 2.05) is 0 Å². The van der Waals surface area contributed by atoms with Gasteiger partial charge in [-0.1, -0.05) is 0 Å². The Hall–Kier alpha value is -0.676. The first-order valence-electron chi connectivity index (χ1n) is 2.56. The molecule has 0 aromatic heterocycles. The van der Waals surface area contributed by atoms with E-state index in [9.17, 15) is 17.6 Å². The molecule has 0 unspecified atom stereocenters. The Labute approximate surface area is 76.9 Å². The van der Waals surface area contributed by atoms with Crippen molar-refractivity contribution < 1.29 is 41.2 Å². The zero-order chi connectivity index (χ0) is 8.59. The monoisotopic (exact) mass is 217 g/mol. The van der Waals surface area contributed by atoms with Crippen LogP contribution in [0, 0.1) is 23.3 Å². The molecule has 0 aliphatic heterocycles. The second-order valence-corrected chi connectivity index (χ2v) is 1.82. The molecule has 0 amide bonds. The van der Waals surface area contributed by atoms with Gasteiger partial charge in [0.05, 0.1) is 0 Å². The summed E-state index contributed by atoms with van der Waals surface area (Å²) in [4.78, 5) is 0. The molecule has 6 heteroatoms. The van der Waals surface area contributed by atoms with Crippen molar-refractivity contribution in [3.05, 3.63) is 29.3 Å². The molecule has 0 bridgehead atoms. The first-order chi connectivity index (χ1) is 5.04. The third-order valence-electron chi connectivity index (χ3n) is 1.09. The second kappa shape index (κ2) is 3.82. The topological polar surface area (TPSA) is 20.2 Å². The largest absolute Gasteiger partial charge is 0.503 e. The van der Waals surface area contributed by atoms with Gasteiger partial charge in [0.15, 0.2) is 17.4 Å². The van der Waals surface area contributed by atoms with Crippen LogP contribution in [0.2, 0.25) is 0 Å². The minimum absolute atomic E-state index is 0. The van der Waals surface area contributed by atoms with Crippen LogP contribution in [-0.4, -0.2) is 5.11 Å². The molecule has 0 fully saturated rings. The number of hydrogen-bond donors (Lipinski definition) is 1. The number of hydrogen-bond acceptors (Lipinski definition) is 1. The molecule has 0 aliphatic carbocycles. The van der Waals surface area contributed by atoms with Crippen LogP contribution in [0.5, 0.6) is 5.75 Å². The summed E-state index contributed by atoms with van der Waals surface area (Å²) in [6.07, 6.45) is 0. The summed E-state index contributed by atoms with van der Waals surface area (Å²) in [5.74, 6) is -8.46. The van der Waals surface area contributed by atoms with Gasteiger partial charge in [-0.05, 0) is 0 Å². The van der Waals surface area contributed by atoms with Crippen molar-refractivity contribution >= 4 is 0 Å². The van der Waals surface area contributed by atoms with Crippen molar-refractivity contribution in [3.8, 4) is 5.75 Å². The standard InChI is InChI=1S/C6H2F4O.V/c7-2-1-3(8)5(10)6(11)4(2)9;/h1,11H;. The molecule has 1 N–H and O–H groups in total. The van der Waals surface area contributed by atoms with E-state index in [2.05, 4.69) is 0 Å². The summed E-state index contributed by atoms with van der Waals surface area (Å²) in [7, 11) is 0. The Kier molecular flexibility index (Phi) is 3.61. The van der Waals surface area contributed by atoms with E-state index in [-0.39, 0.29) is 24.6 Å². The van der Waals surface area contributed by atoms with Gasteiger partial charge >= 0.3 is 0 Å². The van der Waals surface area contributed by atoms with Crippen LogP contribution >= 0.6 is 0 Å². The minimum atomic E-state index is -1.79. The van der Waals surface area contributed by atoms with Crippen molar-refractivity contribution in [1.82, 2.24) is 0 Å². The number of halogens is 4. The van der Waals surface area contributed by atoms with Crippen LogP contribution in [-0.2, 0) is 18.6 Å². The van der Waals surface area contributed by atoms with E-state index in [1.54, 1.807) is 0 Å². The van der Waals surface area contributed by atoms with Crippen molar-refractivity contribution in [3.63, 3.8) is 0 Å². The van der Waals surface area contributed by atoms with Gasteiger partial charge in [0.2, 0.25) is 11.6 Å². The number of aromatic hydroxyl groups is 1. The molecule has 65 valence electrons. The van der Waals surface area contributed by atoms with E-state index in [0.29, 0.717) is 0 Å². The molecule has 0 atom stereocenters. The summed E-state index contributed by atoms with van der Waals surface area (Å²) in [6.45, 7) is 0. The van der Waals surface area contributed by atoms with Gasteiger partial charge in [0.1, 0.15) is 0 Å². The first-order valence-corrected chi connectivity index (χ1v) is 2.56. The molecule has 1 radical (unpaired) electrons. The van der Waals surface area contributed by atoms with Gasteiger partial charge in [0, 0.05) is 24.6 Å². The van der Waals surface area contributed by atoms with E-state index >= 15 is 0 Å². The minimum Gasteiger partial charge on any atom is -0.503 e. The quantitative estimate of drug-likeness (QED) is 0.520. The summed E-state index contributed by atoms with van der Waals surface area (Å²) < 4.78 is 48.4. The van der Waals surface area contributed by atoms with Gasteiger partial charge < -0.3 is 5.11 Å². The molecule has 0 saturated heterocycles. The van der Waals surface area contributed by atoms with Gasteiger partial charge in [-0.2, -0.15) is 8.78 Å². The molecular formula is C6H2F4OV. The summed E-state index contributed by atoms with van der Waals surface area (Å²) in [5.41, 5.74) is 0. The van der Waals surface area contributed by atoms with Gasteiger partial charge in [-0.25, -0.2) is 8.78 Å². The molecule has 1 rings (SSSR count). The number of rotatable bonds is 0. The maximum Gasteiger partial charge on any atom is 0.203 e. The average Bonchev–Trinajstić information content (AvgIpc) is 1.97. The fraction of sp³-hybridized carbons (Fsp3) is 0. The number of phenolic OH excluding ortho intramolecular Hbond substituents is 1. The first kappa shape index (κ1) is 11.3. The number of benzene rings is 1. The molecule has 1 aromatic rings. The van der Waals surface area contributed by atoms with Crippen LogP contribution < -0.4 is 0 Å². The predicted molar refractivity (Wildman–Crippen MR) is 27.9 cm³/mol. The maximum absolute atomic E-state index is 12.1. The predicted octanol–water partition coefficient (Wildman–Crippen LogP) is 1.95. The normalized spacial score (nSPS) is 9.33. The molecule has 1 aromatic carbocycles. The van der Waals surface area contributed by atoms with Crippen LogP contribution in [0.3, 0.4) is 0 Å². The Morgan fingerprint density at radius 1 is 0.917 bits per heavy atom. The van der Waals surface area contributed by atoms with Crippen molar-refractivity contribution in [2.75, 3.05) is 0 Å². The molecular weight excluding hydrogens is 215 g/mol. The van der Waals surface area contributed by atoms with Crippen LogP contribution in [0.4, 0.5) is 17.6 Å². The Morgan fingerprint density at radius 3 is 1.58 bits per heavy atom. The fourth-order valence-electron chi connectivity index (χ4n) is 0.561. The van der Waals surface area contributed by atoms with Crippen LogP contribution in [0.1, 0.15) is 0 Å². The molecule has 12 heavy (non-hydrogen) atoms. The zero-order valence-electron chi connectivity index (χ0n) is 5.48. The Balaban J connectivity index is 0.00000121. The summed E-state index contributed by atoms with van der Waals surface area (Å²) >= 11 is 0. The average molecular weight is 217 g/mol. The third kappa shape index (κ3) is 1.73.